The number of benzene rings is 2. The van der Waals surface area contributed by atoms with Gasteiger partial charge in [-0.1, -0.05) is 45.7 Å². The topological polar surface area (TPSA) is 32.3 Å². The molecule has 2 rings (SSSR count). The summed E-state index contributed by atoms with van der Waals surface area (Å²) in [5.41, 5.74) is 2.45. The molecular weight excluding hydrogens is 350 g/mol. The molecule has 21 heavy (non-hydrogen) atoms. The zero-order chi connectivity index (χ0) is 15.2. The number of aryl methyl sites for hydroxylation is 1. The molecule has 0 aliphatic carbocycles. The maximum Gasteiger partial charge on any atom is 0.115 e. The maximum absolute atomic E-state index is 9.26. The van der Waals surface area contributed by atoms with Gasteiger partial charge in [0, 0.05) is 22.1 Å². The monoisotopic (exact) mass is 367 g/mol. The van der Waals surface area contributed by atoms with E-state index in [0.29, 0.717) is 11.8 Å². The fraction of sp³-hybridized carbons (Fsp3) is 0.294. The second-order valence-electron chi connectivity index (χ2n) is 5.22. The van der Waals surface area contributed by atoms with Gasteiger partial charge in [-0.3, -0.25) is 0 Å². The molecule has 0 fully saturated rings. The van der Waals surface area contributed by atoms with E-state index in [1.807, 2.05) is 30.3 Å². The zero-order valence-electron chi connectivity index (χ0n) is 11.9. The third-order valence-corrected chi connectivity index (χ3v) is 4.43. The number of phenolic OH excluding ortho intramolecular Hbond substituents is 1. The largest absolute Gasteiger partial charge is 0.508 e. The molecule has 0 aliphatic rings. The van der Waals surface area contributed by atoms with Gasteiger partial charge >= 0.3 is 0 Å². The normalized spacial score (nSPS) is 12.3. The number of halogens is 2. The van der Waals surface area contributed by atoms with Crippen LogP contribution in [-0.2, 0) is 13.0 Å². The molecule has 4 heteroatoms. The molecule has 0 saturated carbocycles. The number of aromatic hydroxyl groups is 1. The molecule has 0 radical (unpaired) electrons. The molecule has 0 aromatic heterocycles. The van der Waals surface area contributed by atoms with Gasteiger partial charge in [0.2, 0.25) is 0 Å². The van der Waals surface area contributed by atoms with E-state index in [-0.39, 0.29) is 0 Å². The predicted molar refractivity (Wildman–Crippen MR) is 91.9 cm³/mol. The summed E-state index contributed by atoms with van der Waals surface area (Å²) < 4.78 is 1.04. The molecule has 112 valence electrons. The van der Waals surface area contributed by atoms with Crippen LogP contribution < -0.4 is 5.32 Å². The van der Waals surface area contributed by atoms with Crippen LogP contribution in [0.15, 0.2) is 46.9 Å². The van der Waals surface area contributed by atoms with Gasteiger partial charge in [-0.2, -0.15) is 0 Å². The summed E-state index contributed by atoms with van der Waals surface area (Å²) >= 11 is 9.47. The molecule has 2 N–H and O–H groups in total. The van der Waals surface area contributed by atoms with E-state index < -0.39 is 0 Å². The van der Waals surface area contributed by atoms with Crippen molar-refractivity contribution in [3.05, 3.63) is 63.1 Å². The highest BCUT2D eigenvalue weighted by molar-refractivity contribution is 9.10. The third kappa shape index (κ3) is 5.34. The van der Waals surface area contributed by atoms with Gasteiger partial charge in [-0.15, -0.1) is 0 Å². The number of rotatable bonds is 6. The number of hydrogen-bond donors (Lipinski definition) is 2. The van der Waals surface area contributed by atoms with Crippen LogP contribution in [0.3, 0.4) is 0 Å². The van der Waals surface area contributed by atoms with Gasteiger partial charge in [-0.05, 0) is 55.2 Å². The first-order chi connectivity index (χ1) is 10.0. The molecule has 2 aromatic carbocycles. The van der Waals surface area contributed by atoms with E-state index in [9.17, 15) is 5.11 Å². The Balaban J connectivity index is 1.79. The van der Waals surface area contributed by atoms with Crippen LogP contribution in [0.5, 0.6) is 5.75 Å². The highest BCUT2D eigenvalue weighted by atomic mass is 79.9. The smallest absolute Gasteiger partial charge is 0.115 e. The lowest BCUT2D eigenvalue weighted by Gasteiger charge is -2.15. The Labute approximate surface area is 139 Å². The highest BCUT2D eigenvalue weighted by Gasteiger charge is 2.05. The Morgan fingerprint density at radius 2 is 1.90 bits per heavy atom. The number of phenols is 1. The lowest BCUT2D eigenvalue weighted by molar-refractivity contribution is 0.474. The van der Waals surface area contributed by atoms with Gasteiger partial charge in [0.25, 0.3) is 0 Å². The van der Waals surface area contributed by atoms with Crippen LogP contribution in [0.2, 0.25) is 5.02 Å². The van der Waals surface area contributed by atoms with Crippen molar-refractivity contribution in [1.82, 2.24) is 5.32 Å². The second-order valence-corrected chi connectivity index (χ2v) is 6.51. The van der Waals surface area contributed by atoms with Gasteiger partial charge in [0.05, 0.1) is 0 Å². The van der Waals surface area contributed by atoms with Gasteiger partial charge in [0.1, 0.15) is 5.75 Å². The van der Waals surface area contributed by atoms with Crippen LogP contribution in [0.1, 0.15) is 24.5 Å². The molecule has 0 heterocycles. The van der Waals surface area contributed by atoms with Crippen LogP contribution in [-0.4, -0.2) is 11.1 Å². The summed E-state index contributed by atoms with van der Waals surface area (Å²) in [6.07, 6.45) is 2.05. The van der Waals surface area contributed by atoms with Crippen LogP contribution >= 0.6 is 27.5 Å². The summed E-state index contributed by atoms with van der Waals surface area (Å²) in [5.74, 6) is 0.317. The molecular formula is C17H19BrClNO. The van der Waals surface area contributed by atoms with Crippen LogP contribution in [0, 0.1) is 0 Å². The molecule has 2 aromatic rings. The predicted octanol–water partition coefficient (Wildman–Crippen LogP) is 4.92. The summed E-state index contributed by atoms with van der Waals surface area (Å²) in [4.78, 5) is 0. The Bertz CT molecular complexity index is 586. The SMILES string of the molecule is CC(CCc1ccc(O)cc1)NCc1ccc(Cl)cc1Br. The number of nitrogens with one attached hydrogen (secondary N) is 1. The molecule has 0 spiro atoms. The van der Waals surface area contributed by atoms with Gasteiger partial charge < -0.3 is 10.4 Å². The van der Waals surface area contributed by atoms with E-state index in [4.69, 9.17) is 11.6 Å². The average Bonchev–Trinajstić information content (AvgIpc) is 2.46. The summed E-state index contributed by atoms with van der Waals surface area (Å²) in [6.45, 7) is 3.00. The molecule has 0 bridgehead atoms. The minimum atomic E-state index is 0.317. The third-order valence-electron chi connectivity index (χ3n) is 3.46. The zero-order valence-corrected chi connectivity index (χ0v) is 14.3. The average molecular weight is 369 g/mol. The van der Waals surface area contributed by atoms with E-state index in [0.717, 1.165) is 28.9 Å². The number of hydrogen-bond acceptors (Lipinski definition) is 2. The molecule has 0 saturated heterocycles. The summed E-state index contributed by atoms with van der Waals surface area (Å²) in [5, 5.41) is 13.5. The molecule has 2 nitrogen and oxygen atoms in total. The maximum atomic E-state index is 9.26. The van der Waals surface area contributed by atoms with Crippen LogP contribution in [0.4, 0.5) is 0 Å². The molecule has 1 atom stereocenters. The van der Waals surface area contributed by atoms with Crippen molar-refractivity contribution in [2.75, 3.05) is 0 Å². The van der Waals surface area contributed by atoms with E-state index in [1.165, 1.54) is 11.1 Å². The van der Waals surface area contributed by atoms with Crippen molar-refractivity contribution in [1.29, 1.82) is 0 Å². The fourth-order valence-corrected chi connectivity index (χ4v) is 2.92. The summed E-state index contributed by atoms with van der Waals surface area (Å²) in [7, 11) is 0. The minimum absolute atomic E-state index is 0.317. The first-order valence-electron chi connectivity index (χ1n) is 7.00. The highest BCUT2D eigenvalue weighted by Crippen LogP contribution is 2.21. The van der Waals surface area contributed by atoms with Gasteiger partial charge in [-0.25, -0.2) is 0 Å². The Hall–Kier alpha value is -1.03. The van der Waals surface area contributed by atoms with E-state index in [2.05, 4.69) is 28.2 Å². The molecule has 0 amide bonds. The Kier molecular flexibility index (Phi) is 6.09. The first kappa shape index (κ1) is 16.3. The van der Waals surface area contributed by atoms with Crippen molar-refractivity contribution in [3.63, 3.8) is 0 Å². The first-order valence-corrected chi connectivity index (χ1v) is 8.17. The van der Waals surface area contributed by atoms with Crippen molar-refractivity contribution in [2.24, 2.45) is 0 Å². The fourth-order valence-electron chi connectivity index (χ4n) is 2.10. The Morgan fingerprint density at radius 3 is 2.57 bits per heavy atom. The Morgan fingerprint density at radius 1 is 1.19 bits per heavy atom. The second kappa shape index (κ2) is 7.83. The quantitative estimate of drug-likeness (QED) is 0.758. The molecule has 0 aliphatic heterocycles. The summed E-state index contributed by atoms with van der Waals surface area (Å²) in [6, 6.07) is 13.7. The van der Waals surface area contributed by atoms with Crippen molar-refractivity contribution >= 4 is 27.5 Å². The lowest BCUT2D eigenvalue weighted by atomic mass is 10.1. The van der Waals surface area contributed by atoms with Crippen molar-refractivity contribution < 1.29 is 5.11 Å². The molecule has 1 unspecified atom stereocenters. The van der Waals surface area contributed by atoms with Gasteiger partial charge in [0.15, 0.2) is 0 Å². The van der Waals surface area contributed by atoms with Crippen molar-refractivity contribution in [3.8, 4) is 5.75 Å². The van der Waals surface area contributed by atoms with Crippen LogP contribution in [0.25, 0.3) is 0 Å². The van der Waals surface area contributed by atoms with E-state index >= 15 is 0 Å². The standard InChI is InChI=1S/C17H19BrClNO/c1-12(2-3-13-4-8-16(21)9-5-13)20-11-14-6-7-15(19)10-17(14)18/h4-10,12,20-21H,2-3,11H2,1H3. The van der Waals surface area contributed by atoms with E-state index in [1.54, 1.807) is 12.1 Å². The van der Waals surface area contributed by atoms with Crippen molar-refractivity contribution in [2.45, 2.75) is 32.4 Å². The minimum Gasteiger partial charge on any atom is -0.508 e. The lowest BCUT2D eigenvalue weighted by Crippen LogP contribution is -2.26.